The molecule has 10 rings (SSSR count). The number of benzene rings is 8. The van der Waals surface area contributed by atoms with E-state index in [0.717, 1.165) is 0 Å². The van der Waals surface area contributed by atoms with Gasteiger partial charge in [-0.15, -0.1) is 11.3 Å². The van der Waals surface area contributed by atoms with Gasteiger partial charge in [-0.25, -0.2) is 0 Å². The molecule has 46 heavy (non-hydrogen) atoms. The summed E-state index contributed by atoms with van der Waals surface area (Å²) < 4.78 is 2.73. The Morgan fingerprint density at radius 1 is 0.457 bits per heavy atom. The molecule has 0 unspecified atom stereocenters. The zero-order valence-corrected chi connectivity index (χ0v) is 26.6. The van der Waals surface area contributed by atoms with Gasteiger partial charge in [-0.3, -0.25) is 0 Å². The molecule has 1 heterocycles. The average Bonchev–Trinajstić information content (AvgIpc) is 3.59. The summed E-state index contributed by atoms with van der Waals surface area (Å²) in [5.74, 6) is 0. The fourth-order valence-electron chi connectivity index (χ4n) is 8.49. The van der Waals surface area contributed by atoms with Crippen LogP contribution in [0.4, 0.5) is 0 Å². The van der Waals surface area contributed by atoms with Gasteiger partial charge in [-0.05, 0) is 83.4 Å². The maximum Gasteiger partial charge on any atom is 0.0438 e. The molecule has 0 spiro atoms. The highest BCUT2D eigenvalue weighted by Crippen LogP contribution is 2.58. The average molecular weight is 603 g/mol. The Kier molecular flexibility index (Phi) is 5.31. The summed E-state index contributed by atoms with van der Waals surface area (Å²) in [5.41, 5.74) is 10.7. The van der Waals surface area contributed by atoms with Crippen LogP contribution in [0.1, 0.15) is 25.0 Å². The molecule has 0 bridgehead atoms. The van der Waals surface area contributed by atoms with Crippen molar-refractivity contribution in [3.63, 3.8) is 0 Å². The largest absolute Gasteiger partial charge is 0.134 e. The van der Waals surface area contributed by atoms with E-state index in [1.54, 1.807) is 0 Å². The summed E-state index contributed by atoms with van der Waals surface area (Å²) in [6.45, 7) is 4.86. The van der Waals surface area contributed by atoms with E-state index in [9.17, 15) is 0 Å². The molecule has 0 N–H and O–H groups in total. The van der Waals surface area contributed by atoms with E-state index in [1.807, 2.05) is 11.3 Å². The Balaban J connectivity index is 1.48. The molecule has 0 atom stereocenters. The number of rotatable bonds is 2. The van der Waals surface area contributed by atoms with Gasteiger partial charge in [0.25, 0.3) is 0 Å². The van der Waals surface area contributed by atoms with Gasteiger partial charge in [0.15, 0.2) is 0 Å². The Bertz CT molecular complexity index is 2650. The zero-order chi connectivity index (χ0) is 30.6. The smallest absolute Gasteiger partial charge is 0.0438 e. The van der Waals surface area contributed by atoms with Crippen LogP contribution in [0, 0.1) is 0 Å². The van der Waals surface area contributed by atoms with Crippen LogP contribution in [0.2, 0.25) is 0 Å². The van der Waals surface area contributed by atoms with Gasteiger partial charge in [0, 0.05) is 31.2 Å². The van der Waals surface area contributed by atoms with E-state index in [2.05, 4.69) is 159 Å². The predicted molar refractivity (Wildman–Crippen MR) is 200 cm³/mol. The second-order valence-corrected chi connectivity index (χ2v) is 14.2. The fraction of sp³-hybridized carbons (Fsp3) is 0.0667. The second kappa shape index (κ2) is 9.39. The van der Waals surface area contributed by atoms with E-state index in [0.29, 0.717) is 0 Å². The van der Waals surface area contributed by atoms with Gasteiger partial charge in [-0.2, -0.15) is 0 Å². The summed E-state index contributed by atoms with van der Waals surface area (Å²) in [4.78, 5) is 0. The van der Waals surface area contributed by atoms with Crippen molar-refractivity contribution in [1.82, 2.24) is 0 Å². The molecule has 1 aromatic heterocycles. The molecule has 0 radical (unpaired) electrons. The fourth-order valence-corrected chi connectivity index (χ4v) is 9.75. The van der Waals surface area contributed by atoms with Crippen LogP contribution >= 0.6 is 11.3 Å². The normalized spacial score (nSPS) is 13.6. The van der Waals surface area contributed by atoms with Crippen molar-refractivity contribution in [3.8, 4) is 33.4 Å². The predicted octanol–water partition coefficient (Wildman–Crippen LogP) is 13.2. The number of hydrogen-bond acceptors (Lipinski definition) is 1. The molecule has 0 saturated carbocycles. The van der Waals surface area contributed by atoms with E-state index in [-0.39, 0.29) is 5.41 Å². The van der Waals surface area contributed by atoms with Gasteiger partial charge in [0.1, 0.15) is 0 Å². The first kappa shape index (κ1) is 26.0. The van der Waals surface area contributed by atoms with Crippen LogP contribution in [0.3, 0.4) is 0 Å². The number of fused-ring (bicyclic) bond motifs is 10. The van der Waals surface area contributed by atoms with Crippen LogP contribution < -0.4 is 0 Å². The first-order chi connectivity index (χ1) is 22.6. The molecule has 0 nitrogen and oxygen atoms in total. The third-order valence-corrected chi connectivity index (χ3v) is 11.6. The minimum atomic E-state index is -0.159. The molecule has 0 saturated heterocycles. The van der Waals surface area contributed by atoms with Gasteiger partial charge in [0.2, 0.25) is 0 Å². The SMILES string of the molecule is CC1(C)c2ccccc2-c2cc3c(sc4ccc5ccccc5c43)c(-c3c4ccccc4c(-c4ccccc4)c4ccccc34)c21. The van der Waals surface area contributed by atoms with Crippen molar-refractivity contribution >= 4 is 63.8 Å². The molecule has 0 aliphatic heterocycles. The quantitative estimate of drug-likeness (QED) is 0.173. The molecule has 0 amide bonds. The van der Waals surface area contributed by atoms with Crippen molar-refractivity contribution < 1.29 is 0 Å². The molecule has 1 heteroatoms. The summed E-state index contributed by atoms with van der Waals surface area (Å²) in [7, 11) is 0. The van der Waals surface area contributed by atoms with E-state index >= 15 is 0 Å². The zero-order valence-electron chi connectivity index (χ0n) is 25.8. The lowest BCUT2D eigenvalue weighted by Gasteiger charge is -2.27. The lowest BCUT2D eigenvalue weighted by molar-refractivity contribution is 0.663. The van der Waals surface area contributed by atoms with Gasteiger partial charge < -0.3 is 0 Å². The Morgan fingerprint density at radius 2 is 1.04 bits per heavy atom. The number of thiophene rings is 1. The molecular formula is C45H30S. The highest BCUT2D eigenvalue weighted by molar-refractivity contribution is 7.26. The minimum absolute atomic E-state index is 0.159. The Morgan fingerprint density at radius 3 is 1.76 bits per heavy atom. The Hall–Kier alpha value is -5.24. The maximum atomic E-state index is 2.52. The first-order valence-corrected chi connectivity index (χ1v) is 16.9. The van der Waals surface area contributed by atoms with Crippen molar-refractivity contribution in [2.45, 2.75) is 19.3 Å². The number of hydrogen-bond donors (Lipinski definition) is 0. The highest BCUT2D eigenvalue weighted by Gasteiger charge is 2.39. The molecule has 8 aromatic carbocycles. The summed E-state index contributed by atoms with van der Waals surface area (Å²) in [6, 6.07) is 54.2. The standard InChI is InChI=1S/C45H30S/c1-45(2)37-23-13-12-18-30(37)35-26-36-40-29-17-7-6-14-27(29)24-25-38(40)46-44(36)42(43(35)45)41-33-21-10-8-19-31(33)39(28-15-4-3-5-16-28)32-20-9-11-22-34(32)41/h3-26H,1-2H3. The van der Waals surface area contributed by atoms with E-state index < -0.39 is 0 Å². The van der Waals surface area contributed by atoms with Crippen molar-refractivity contribution in [2.75, 3.05) is 0 Å². The van der Waals surface area contributed by atoms with Crippen LogP contribution in [0.5, 0.6) is 0 Å². The first-order valence-electron chi connectivity index (χ1n) is 16.1. The molecular weight excluding hydrogens is 573 g/mol. The summed E-state index contributed by atoms with van der Waals surface area (Å²) in [5, 5.41) is 10.6. The minimum Gasteiger partial charge on any atom is -0.134 e. The topological polar surface area (TPSA) is 0 Å². The Labute approximate surface area is 272 Å². The third kappa shape index (κ3) is 3.39. The highest BCUT2D eigenvalue weighted by atomic mass is 32.1. The van der Waals surface area contributed by atoms with Crippen LogP contribution in [0.15, 0.2) is 146 Å². The molecule has 216 valence electrons. The van der Waals surface area contributed by atoms with Crippen molar-refractivity contribution in [2.24, 2.45) is 0 Å². The monoisotopic (exact) mass is 602 g/mol. The van der Waals surface area contributed by atoms with E-state index in [4.69, 9.17) is 0 Å². The third-order valence-electron chi connectivity index (χ3n) is 10.4. The van der Waals surface area contributed by atoms with Crippen LogP contribution in [-0.2, 0) is 5.41 Å². The maximum absolute atomic E-state index is 2.52. The van der Waals surface area contributed by atoms with Gasteiger partial charge in [0.05, 0.1) is 0 Å². The van der Waals surface area contributed by atoms with Gasteiger partial charge >= 0.3 is 0 Å². The van der Waals surface area contributed by atoms with Gasteiger partial charge in [-0.1, -0.05) is 147 Å². The molecule has 1 aliphatic carbocycles. The van der Waals surface area contributed by atoms with Crippen molar-refractivity contribution in [3.05, 3.63) is 157 Å². The van der Waals surface area contributed by atoms with Crippen LogP contribution in [0.25, 0.3) is 85.9 Å². The summed E-state index contributed by atoms with van der Waals surface area (Å²) >= 11 is 1.96. The van der Waals surface area contributed by atoms with E-state index in [1.165, 1.54) is 97.0 Å². The van der Waals surface area contributed by atoms with Crippen molar-refractivity contribution in [1.29, 1.82) is 0 Å². The van der Waals surface area contributed by atoms with Crippen LogP contribution in [-0.4, -0.2) is 0 Å². The molecule has 1 aliphatic rings. The second-order valence-electron chi connectivity index (χ2n) is 13.2. The molecule has 9 aromatic rings. The molecule has 0 fully saturated rings. The summed E-state index contributed by atoms with van der Waals surface area (Å²) in [6.07, 6.45) is 0. The lowest BCUT2D eigenvalue weighted by Crippen LogP contribution is -2.16. The lowest BCUT2D eigenvalue weighted by atomic mass is 9.76.